The van der Waals surface area contributed by atoms with E-state index in [1.54, 1.807) is 17.0 Å². The van der Waals surface area contributed by atoms with Crippen LogP contribution in [0.25, 0.3) is 0 Å². The van der Waals surface area contributed by atoms with Crippen LogP contribution < -0.4 is 10.2 Å². The topological polar surface area (TPSA) is 32.3 Å². The Labute approximate surface area is 117 Å². The first-order chi connectivity index (χ1) is 9.22. The number of anilines is 2. The smallest absolute Gasteiger partial charge is 0.326 e. The van der Waals surface area contributed by atoms with Crippen molar-refractivity contribution in [3.8, 4) is 0 Å². The Morgan fingerprint density at radius 1 is 1.11 bits per heavy atom. The number of nitrogens with one attached hydrogen (secondary N) is 1. The van der Waals surface area contributed by atoms with E-state index in [1.807, 2.05) is 49.4 Å². The summed E-state index contributed by atoms with van der Waals surface area (Å²) in [4.78, 5) is 13.8. The lowest BCUT2D eigenvalue weighted by molar-refractivity contribution is 0.249. The van der Waals surface area contributed by atoms with Crippen LogP contribution in [-0.4, -0.2) is 12.6 Å². The average molecular weight is 275 g/mol. The first kappa shape index (κ1) is 13.4. The summed E-state index contributed by atoms with van der Waals surface area (Å²) in [6.07, 6.45) is 0. The molecule has 0 aromatic heterocycles. The molecule has 2 aromatic carbocycles. The fourth-order valence-electron chi connectivity index (χ4n) is 1.81. The Balaban J connectivity index is 2.43. The highest BCUT2D eigenvalue weighted by molar-refractivity contribution is 6.31. The van der Waals surface area contributed by atoms with E-state index in [9.17, 15) is 4.79 Å². The number of halogens is 1. The number of benzene rings is 2. The molecule has 2 rings (SSSR count). The maximum atomic E-state index is 12.2. The summed E-state index contributed by atoms with van der Waals surface area (Å²) in [6.45, 7) is 2.46. The van der Waals surface area contributed by atoms with Crippen molar-refractivity contribution in [3.63, 3.8) is 0 Å². The molecule has 0 saturated heterocycles. The largest absolute Gasteiger partial charge is 0.338 e. The van der Waals surface area contributed by atoms with Gasteiger partial charge in [-0.25, -0.2) is 4.79 Å². The number of urea groups is 1. The van der Waals surface area contributed by atoms with Gasteiger partial charge in [0.05, 0.1) is 11.4 Å². The summed E-state index contributed by atoms with van der Waals surface area (Å²) < 4.78 is 0. The van der Waals surface area contributed by atoms with Crippen molar-refractivity contribution < 1.29 is 4.79 Å². The molecule has 0 fully saturated rings. The molecule has 0 radical (unpaired) electrons. The van der Waals surface area contributed by atoms with Gasteiger partial charge in [0.1, 0.15) is 0 Å². The minimum Gasteiger partial charge on any atom is -0.338 e. The van der Waals surface area contributed by atoms with Crippen LogP contribution >= 0.6 is 11.6 Å². The summed E-state index contributed by atoms with van der Waals surface area (Å²) in [5.41, 5.74) is 1.54. The van der Waals surface area contributed by atoms with Crippen LogP contribution in [-0.2, 0) is 0 Å². The van der Waals surface area contributed by atoms with Crippen LogP contribution in [0.3, 0.4) is 0 Å². The lowest BCUT2D eigenvalue weighted by atomic mass is 10.2. The van der Waals surface area contributed by atoms with Crippen molar-refractivity contribution in [2.45, 2.75) is 6.92 Å². The minimum absolute atomic E-state index is 0.170. The predicted octanol–water partition coefficient (Wildman–Crippen LogP) is 4.21. The third-order valence-electron chi connectivity index (χ3n) is 2.61. The highest BCUT2D eigenvalue weighted by Crippen LogP contribution is 2.27. The van der Waals surface area contributed by atoms with Crippen LogP contribution in [0.1, 0.15) is 6.92 Å². The lowest BCUT2D eigenvalue weighted by Crippen LogP contribution is -2.36. The SMILES string of the molecule is CCNC(=O)N(c1ccccc1)c1cccc(Cl)c1. The molecule has 0 heterocycles. The van der Waals surface area contributed by atoms with Gasteiger partial charge in [-0.2, -0.15) is 0 Å². The highest BCUT2D eigenvalue weighted by Gasteiger charge is 2.16. The van der Waals surface area contributed by atoms with Gasteiger partial charge in [0, 0.05) is 11.6 Å². The number of para-hydroxylation sites is 1. The number of carbonyl (C=O) groups excluding carboxylic acids is 1. The third-order valence-corrected chi connectivity index (χ3v) is 2.85. The molecule has 2 amide bonds. The second kappa shape index (κ2) is 6.25. The number of hydrogen-bond acceptors (Lipinski definition) is 1. The van der Waals surface area contributed by atoms with E-state index in [-0.39, 0.29) is 6.03 Å². The maximum absolute atomic E-state index is 12.2. The molecule has 0 aliphatic heterocycles. The van der Waals surface area contributed by atoms with Crippen molar-refractivity contribution in [1.82, 2.24) is 5.32 Å². The van der Waals surface area contributed by atoms with Gasteiger partial charge in [-0.05, 0) is 37.3 Å². The first-order valence-corrected chi connectivity index (χ1v) is 6.48. The molecule has 0 aliphatic rings. The predicted molar refractivity (Wildman–Crippen MR) is 79.1 cm³/mol. The van der Waals surface area contributed by atoms with E-state index >= 15 is 0 Å². The Bertz CT molecular complexity index is 557. The summed E-state index contributed by atoms with van der Waals surface area (Å²) in [6, 6.07) is 16.5. The van der Waals surface area contributed by atoms with Crippen LogP contribution in [0.4, 0.5) is 16.2 Å². The molecule has 19 heavy (non-hydrogen) atoms. The van der Waals surface area contributed by atoms with Crippen LogP contribution in [0, 0.1) is 0 Å². The maximum Gasteiger partial charge on any atom is 0.326 e. The normalized spacial score (nSPS) is 10.0. The minimum atomic E-state index is -0.170. The molecule has 0 spiro atoms. The van der Waals surface area contributed by atoms with Gasteiger partial charge in [-0.3, -0.25) is 4.90 Å². The number of amides is 2. The van der Waals surface area contributed by atoms with Gasteiger partial charge >= 0.3 is 6.03 Å². The first-order valence-electron chi connectivity index (χ1n) is 6.11. The molecule has 0 bridgehead atoms. The number of nitrogens with zero attached hydrogens (tertiary/aromatic N) is 1. The average Bonchev–Trinajstić information content (AvgIpc) is 2.40. The Hall–Kier alpha value is -2.00. The molecule has 0 aliphatic carbocycles. The zero-order valence-electron chi connectivity index (χ0n) is 10.6. The van der Waals surface area contributed by atoms with Crippen molar-refractivity contribution in [3.05, 3.63) is 59.6 Å². The summed E-state index contributed by atoms with van der Waals surface area (Å²) >= 11 is 6.00. The van der Waals surface area contributed by atoms with Crippen LogP contribution in [0.2, 0.25) is 5.02 Å². The zero-order valence-corrected chi connectivity index (χ0v) is 11.4. The Morgan fingerprint density at radius 3 is 2.42 bits per heavy atom. The molecule has 0 unspecified atom stereocenters. The molecule has 0 atom stereocenters. The summed E-state index contributed by atoms with van der Waals surface area (Å²) in [5, 5.41) is 3.41. The van der Waals surface area contributed by atoms with Gasteiger partial charge in [0.25, 0.3) is 0 Å². The van der Waals surface area contributed by atoms with E-state index in [2.05, 4.69) is 5.32 Å². The lowest BCUT2D eigenvalue weighted by Gasteiger charge is -2.23. The molecular weight excluding hydrogens is 260 g/mol. The zero-order chi connectivity index (χ0) is 13.7. The molecular formula is C15H15ClN2O. The number of carbonyl (C=O) groups is 1. The molecule has 3 nitrogen and oxygen atoms in total. The molecule has 2 aromatic rings. The van der Waals surface area contributed by atoms with E-state index in [0.717, 1.165) is 11.4 Å². The Morgan fingerprint density at radius 2 is 1.79 bits per heavy atom. The van der Waals surface area contributed by atoms with Crippen LogP contribution in [0.5, 0.6) is 0 Å². The van der Waals surface area contributed by atoms with Gasteiger partial charge in [-0.1, -0.05) is 35.9 Å². The number of hydrogen-bond donors (Lipinski definition) is 1. The van der Waals surface area contributed by atoms with Crippen molar-refractivity contribution in [1.29, 1.82) is 0 Å². The highest BCUT2D eigenvalue weighted by atomic mass is 35.5. The second-order valence-corrected chi connectivity index (χ2v) is 4.42. The number of rotatable bonds is 3. The van der Waals surface area contributed by atoms with Gasteiger partial charge in [0.2, 0.25) is 0 Å². The van der Waals surface area contributed by atoms with Crippen molar-refractivity contribution in [2.75, 3.05) is 11.4 Å². The Kier molecular flexibility index (Phi) is 4.42. The van der Waals surface area contributed by atoms with E-state index < -0.39 is 0 Å². The van der Waals surface area contributed by atoms with Gasteiger partial charge in [-0.15, -0.1) is 0 Å². The quantitative estimate of drug-likeness (QED) is 0.893. The fraction of sp³-hybridized carbons (Fsp3) is 0.133. The molecule has 4 heteroatoms. The molecule has 98 valence electrons. The second-order valence-electron chi connectivity index (χ2n) is 3.99. The van der Waals surface area contributed by atoms with Crippen molar-refractivity contribution >= 4 is 29.0 Å². The van der Waals surface area contributed by atoms with Gasteiger partial charge in [0.15, 0.2) is 0 Å². The fourth-order valence-corrected chi connectivity index (χ4v) is 1.99. The van der Waals surface area contributed by atoms with E-state index in [1.165, 1.54) is 0 Å². The van der Waals surface area contributed by atoms with Crippen molar-refractivity contribution in [2.24, 2.45) is 0 Å². The monoisotopic (exact) mass is 274 g/mol. The third kappa shape index (κ3) is 3.26. The molecule has 1 N–H and O–H groups in total. The summed E-state index contributed by atoms with van der Waals surface area (Å²) in [7, 11) is 0. The van der Waals surface area contributed by atoms with E-state index in [4.69, 9.17) is 11.6 Å². The molecule has 0 saturated carbocycles. The van der Waals surface area contributed by atoms with E-state index in [0.29, 0.717) is 11.6 Å². The standard InChI is InChI=1S/C15H15ClN2O/c1-2-17-15(19)18(13-8-4-3-5-9-13)14-10-6-7-12(16)11-14/h3-11H,2H2,1H3,(H,17,19). The van der Waals surface area contributed by atoms with Gasteiger partial charge < -0.3 is 5.32 Å². The van der Waals surface area contributed by atoms with Crippen LogP contribution in [0.15, 0.2) is 54.6 Å². The summed E-state index contributed by atoms with van der Waals surface area (Å²) in [5.74, 6) is 0.